The molecule has 148 valence electrons. The molecule has 3 rings (SSSR count). The summed E-state index contributed by atoms with van der Waals surface area (Å²) in [5.74, 6) is -0.562. The smallest absolute Gasteiger partial charge is 0.263 e. The molecule has 0 aliphatic heterocycles. The Morgan fingerprint density at radius 1 is 0.821 bits per heavy atom. The fraction of sp³-hybridized carbons (Fsp3) is 0.111. The van der Waals surface area contributed by atoms with Crippen LogP contribution in [0.5, 0.6) is 0 Å². The van der Waals surface area contributed by atoms with Crippen LogP contribution in [0.4, 0.5) is 15.8 Å². The van der Waals surface area contributed by atoms with E-state index in [0.29, 0.717) is 4.88 Å². The molecule has 0 aliphatic carbocycles. The van der Waals surface area contributed by atoms with Crippen molar-refractivity contribution in [2.24, 2.45) is 0 Å². The van der Waals surface area contributed by atoms with Crippen molar-refractivity contribution in [1.82, 2.24) is 0 Å². The number of nitrogens with one attached hydrogen (secondary N) is 2. The Labute approximate surface area is 167 Å². The van der Waals surface area contributed by atoms with Gasteiger partial charge in [0.15, 0.2) is 0 Å². The lowest BCUT2D eigenvalue weighted by molar-refractivity contribution is 0.598. The van der Waals surface area contributed by atoms with Gasteiger partial charge in [-0.3, -0.25) is 9.44 Å². The first-order valence-electron chi connectivity index (χ1n) is 8.06. The Morgan fingerprint density at radius 3 is 1.86 bits per heavy atom. The highest BCUT2D eigenvalue weighted by Gasteiger charge is 2.22. The standard InChI is InChI=1S/C18H17FN2O4S3/c1-12-11-18(13(2)26-12)28(24,25)21-17-6-4-3-5-16(17)20-27(22,23)15-9-7-14(19)8-10-15/h3-11,20-21H,1-2H3. The fourth-order valence-corrected chi connectivity index (χ4v) is 6.27. The Hall–Kier alpha value is -2.43. The monoisotopic (exact) mass is 440 g/mol. The minimum absolute atomic E-state index is 0.0556. The molecule has 1 aromatic heterocycles. The molecule has 28 heavy (non-hydrogen) atoms. The molecule has 1 heterocycles. The van der Waals surface area contributed by atoms with Crippen LogP contribution < -0.4 is 9.44 Å². The number of thiophene rings is 1. The number of hydrogen-bond donors (Lipinski definition) is 2. The lowest BCUT2D eigenvalue weighted by Crippen LogP contribution is -2.17. The van der Waals surface area contributed by atoms with Crippen LogP contribution >= 0.6 is 11.3 Å². The van der Waals surface area contributed by atoms with Crippen LogP contribution in [-0.2, 0) is 20.0 Å². The highest BCUT2D eigenvalue weighted by atomic mass is 32.2. The lowest BCUT2D eigenvalue weighted by atomic mass is 10.3. The van der Waals surface area contributed by atoms with Gasteiger partial charge in [-0.2, -0.15) is 0 Å². The predicted octanol–water partition coefficient (Wildman–Crippen LogP) is 4.11. The molecule has 0 saturated carbocycles. The van der Waals surface area contributed by atoms with Gasteiger partial charge >= 0.3 is 0 Å². The molecule has 0 amide bonds. The van der Waals surface area contributed by atoms with E-state index in [1.165, 1.54) is 23.5 Å². The molecule has 0 bridgehead atoms. The zero-order chi connectivity index (χ0) is 20.5. The van der Waals surface area contributed by atoms with E-state index < -0.39 is 25.9 Å². The van der Waals surface area contributed by atoms with Crippen LogP contribution in [0.3, 0.4) is 0 Å². The molecule has 6 nitrogen and oxygen atoms in total. The molecule has 0 atom stereocenters. The number of benzene rings is 2. The van der Waals surface area contributed by atoms with Gasteiger partial charge in [0.25, 0.3) is 20.0 Å². The van der Waals surface area contributed by atoms with E-state index in [-0.39, 0.29) is 21.2 Å². The topological polar surface area (TPSA) is 92.3 Å². The van der Waals surface area contributed by atoms with Gasteiger partial charge in [0.05, 0.1) is 16.3 Å². The molecule has 0 fully saturated rings. The average Bonchev–Trinajstić information content (AvgIpc) is 2.96. The lowest BCUT2D eigenvalue weighted by Gasteiger charge is -2.14. The third kappa shape index (κ3) is 4.34. The number of sulfonamides is 2. The summed E-state index contributed by atoms with van der Waals surface area (Å²) >= 11 is 1.36. The maximum Gasteiger partial charge on any atom is 0.263 e. The molecule has 0 saturated heterocycles. The molecule has 0 unspecified atom stereocenters. The fourth-order valence-electron chi connectivity index (χ4n) is 2.55. The van der Waals surface area contributed by atoms with Crippen molar-refractivity contribution in [3.63, 3.8) is 0 Å². The van der Waals surface area contributed by atoms with Crippen LogP contribution in [0.1, 0.15) is 9.75 Å². The summed E-state index contributed by atoms with van der Waals surface area (Å²) in [6, 6.07) is 11.9. The third-order valence-electron chi connectivity index (χ3n) is 3.82. The normalized spacial score (nSPS) is 12.0. The summed E-state index contributed by atoms with van der Waals surface area (Å²) in [7, 11) is -7.92. The molecule has 2 N–H and O–H groups in total. The number of anilines is 2. The average molecular weight is 441 g/mol. The van der Waals surface area contributed by atoms with Crippen LogP contribution in [0.15, 0.2) is 64.4 Å². The number of halogens is 1. The van der Waals surface area contributed by atoms with Gasteiger partial charge in [0, 0.05) is 9.75 Å². The quantitative estimate of drug-likeness (QED) is 0.603. The van der Waals surface area contributed by atoms with E-state index in [9.17, 15) is 21.2 Å². The molecule has 2 aromatic carbocycles. The predicted molar refractivity (Wildman–Crippen MR) is 108 cm³/mol. The zero-order valence-electron chi connectivity index (χ0n) is 14.9. The summed E-state index contributed by atoms with van der Waals surface area (Å²) < 4.78 is 68.4. The van der Waals surface area contributed by atoms with E-state index in [4.69, 9.17) is 0 Å². The zero-order valence-corrected chi connectivity index (χ0v) is 17.4. The van der Waals surface area contributed by atoms with Crippen molar-refractivity contribution in [1.29, 1.82) is 0 Å². The number of rotatable bonds is 6. The number of para-hydroxylation sites is 2. The van der Waals surface area contributed by atoms with Gasteiger partial charge in [-0.15, -0.1) is 11.3 Å². The summed E-state index contributed by atoms with van der Waals surface area (Å²) in [6.07, 6.45) is 0. The van der Waals surface area contributed by atoms with E-state index in [1.54, 1.807) is 25.1 Å². The number of hydrogen-bond acceptors (Lipinski definition) is 5. The van der Waals surface area contributed by atoms with Crippen molar-refractivity contribution in [3.8, 4) is 0 Å². The van der Waals surface area contributed by atoms with Gasteiger partial charge in [-0.05, 0) is 56.3 Å². The molecular weight excluding hydrogens is 423 g/mol. The first-order valence-corrected chi connectivity index (χ1v) is 11.8. The van der Waals surface area contributed by atoms with Crippen LogP contribution in [0.2, 0.25) is 0 Å². The molecular formula is C18H17FN2O4S3. The SMILES string of the molecule is Cc1cc(S(=O)(=O)Nc2ccccc2NS(=O)(=O)c2ccc(F)cc2)c(C)s1. The van der Waals surface area contributed by atoms with E-state index >= 15 is 0 Å². The molecule has 0 spiro atoms. The van der Waals surface area contributed by atoms with Crippen LogP contribution in [-0.4, -0.2) is 16.8 Å². The summed E-state index contributed by atoms with van der Waals surface area (Å²) in [6.45, 7) is 3.51. The van der Waals surface area contributed by atoms with Crippen molar-refractivity contribution in [2.75, 3.05) is 9.44 Å². The van der Waals surface area contributed by atoms with Crippen LogP contribution in [0.25, 0.3) is 0 Å². The van der Waals surface area contributed by atoms with Crippen LogP contribution in [0, 0.1) is 19.7 Å². The molecule has 0 aliphatic rings. The van der Waals surface area contributed by atoms with E-state index in [2.05, 4.69) is 9.44 Å². The Kier molecular flexibility index (Phi) is 5.46. The number of aryl methyl sites for hydroxylation is 2. The molecule has 0 radical (unpaired) electrons. The highest BCUT2D eigenvalue weighted by molar-refractivity contribution is 7.93. The van der Waals surface area contributed by atoms with E-state index in [0.717, 1.165) is 29.1 Å². The maximum absolute atomic E-state index is 13.1. The summed E-state index contributed by atoms with van der Waals surface area (Å²) in [4.78, 5) is 1.49. The van der Waals surface area contributed by atoms with Gasteiger partial charge in [-0.25, -0.2) is 21.2 Å². The van der Waals surface area contributed by atoms with E-state index in [1.807, 2.05) is 6.92 Å². The minimum Gasteiger partial charge on any atom is -0.277 e. The van der Waals surface area contributed by atoms with Crippen molar-refractivity contribution < 1.29 is 21.2 Å². The van der Waals surface area contributed by atoms with Gasteiger partial charge in [0.2, 0.25) is 0 Å². The Bertz CT molecular complexity index is 1220. The van der Waals surface area contributed by atoms with Gasteiger partial charge < -0.3 is 0 Å². The van der Waals surface area contributed by atoms with Gasteiger partial charge in [-0.1, -0.05) is 12.1 Å². The largest absolute Gasteiger partial charge is 0.277 e. The summed E-state index contributed by atoms with van der Waals surface area (Å²) in [5, 5.41) is 0. The molecule has 10 heteroatoms. The first kappa shape index (κ1) is 20.3. The Morgan fingerprint density at radius 2 is 1.36 bits per heavy atom. The van der Waals surface area contributed by atoms with Gasteiger partial charge in [0.1, 0.15) is 10.7 Å². The highest BCUT2D eigenvalue weighted by Crippen LogP contribution is 2.30. The maximum atomic E-state index is 13.1. The second kappa shape index (κ2) is 7.53. The second-order valence-corrected chi connectivity index (χ2v) is 10.8. The summed E-state index contributed by atoms with van der Waals surface area (Å²) in [5.41, 5.74) is 0.136. The van der Waals surface area contributed by atoms with Crippen molar-refractivity contribution in [2.45, 2.75) is 23.6 Å². The van der Waals surface area contributed by atoms with Crippen molar-refractivity contribution >= 4 is 42.8 Å². The third-order valence-corrected chi connectivity index (χ3v) is 7.79. The first-order chi connectivity index (χ1) is 13.1. The Balaban J connectivity index is 1.93. The molecule has 3 aromatic rings. The van der Waals surface area contributed by atoms with Crippen molar-refractivity contribution in [3.05, 3.63) is 70.2 Å². The second-order valence-electron chi connectivity index (χ2n) is 5.99. The minimum atomic E-state index is -4.03.